The Bertz CT molecular complexity index is 313. The Morgan fingerprint density at radius 2 is 2.00 bits per heavy atom. The molecule has 0 aliphatic carbocycles. The molecule has 0 radical (unpaired) electrons. The molecule has 0 fully saturated rings. The minimum atomic E-state index is -1.03. The van der Waals surface area contributed by atoms with Gasteiger partial charge in [0, 0.05) is 0 Å². The maximum absolute atomic E-state index is 10.6. The Labute approximate surface area is 94.5 Å². The fraction of sp³-hybridized carbons (Fsp3) is 0.300. The van der Waals surface area contributed by atoms with Gasteiger partial charge < -0.3 is 15.6 Å². The van der Waals surface area contributed by atoms with Crippen LogP contribution in [0.2, 0.25) is 0 Å². The molecule has 1 aromatic rings. The van der Waals surface area contributed by atoms with Gasteiger partial charge in [-0.05, 0) is 24.6 Å². The molecule has 0 unspecified atom stereocenters. The second-order valence-corrected chi connectivity index (χ2v) is 2.82. The van der Waals surface area contributed by atoms with E-state index < -0.39 is 12.0 Å². The fourth-order valence-electron chi connectivity index (χ4n) is 1.08. The van der Waals surface area contributed by atoms with Crippen molar-refractivity contribution in [2.24, 2.45) is 5.73 Å². The molecule has 0 amide bonds. The Kier molecular flexibility index (Phi) is 5.74. The monoisotopic (exact) mass is 231 g/mol. The molecule has 5 heteroatoms. The van der Waals surface area contributed by atoms with Gasteiger partial charge >= 0.3 is 5.97 Å². The molecule has 15 heavy (non-hydrogen) atoms. The van der Waals surface area contributed by atoms with Crippen molar-refractivity contribution in [2.45, 2.75) is 13.0 Å². The highest BCUT2D eigenvalue weighted by Gasteiger charge is 2.13. The van der Waals surface area contributed by atoms with E-state index in [1.54, 1.807) is 24.3 Å². The summed E-state index contributed by atoms with van der Waals surface area (Å²) >= 11 is 0. The molecule has 1 rings (SSSR count). The summed E-state index contributed by atoms with van der Waals surface area (Å²) in [6.07, 6.45) is 0. The molecule has 0 bridgehead atoms. The molecule has 0 saturated carbocycles. The first-order valence-corrected chi connectivity index (χ1v) is 4.36. The van der Waals surface area contributed by atoms with E-state index in [9.17, 15) is 4.79 Å². The third kappa shape index (κ3) is 3.77. The van der Waals surface area contributed by atoms with Gasteiger partial charge in [0.25, 0.3) is 0 Å². The molecule has 0 saturated heterocycles. The zero-order valence-electron chi connectivity index (χ0n) is 8.34. The zero-order valence-corrected chi connectivity index (χ0v) is 9.16. The number of ether oxygens (including phenoxy) is 1. The number of benzene rings is 1. The van der Waals surface area contributed by atoms with Gasteiger partial charge in [-0.15, -0.1) is 12.4 Å². The van der Waals surface area contributed by atoms with Crippen LogP contribution >= 0.6 is 12.4 Å². The Hall–Kier alpha value is -1.26. The van der Waals surface area contributed by atoms with Crippen molar-refractivity contribution in [3.8, 4) is 5.75 Å². The zero-order chi connectivity index (χ0) is 10.6. The lowest BCUT2D eigenvalue weighted by molar-refractivity contribution is -0.138. The summed E-state index contributed by atoms with van der Waals surface area (Å²) in [4.78, 5) is 10.6. The topological polar surface area (TPSA) is 72.5 Å². The van der Waals surface area contributed by atoms with Gasteiger partial charge in [0.1, 0.15) is 11.8 Å². The largest absolute Gasteiger partial charge is 0.494 e. The summed E-state index contributed by atoms with van der Waals surface area (Å²) in [5, 5.41) is 8.65. The molecule has 0 spiro atoms. The number of carboxylic acid groups (broad SMARTS) is 1. The standard InChI is InChI=1S/C10H13NO3.ClH/c1-2-14-8-5-3-7(4-6-8)9(11)10(12)13;/h3-6,9H,2,11H2,1H3,(H,12,13);1H/t9-;/m1./s1. The number of hydrogen-bond donors (Lipinski definition) is 2. The summed E-state index contributed by atoms with van der Waals surface area (Å²) in [5.74, 6) is -0.317. The maximum atomic E-state index is 10.6. The van der Waals surface area contributed by atoms with Crippen molar-refractivity contribution in [1.29, 1.82) is 0 Å². The Morgan fingerprint density at radius 3 is 2.40 bits per heavy atom. The number of carboxylic acids is 1. The van der Waals surface area contributed by atoms with Crippen LogP contribution in [0.1, 0.15) is 18.5 Å². The van der Waals surface area contributed by atoms with E-state index in [0.717, 1.165) is 0 Å². The third-order valence-corrected chi connectivity index (χ3v) is 1.82. The van der Waals surface area contributed by atoms with E-state index in [2.05, 4.69) is 0 Å². The second-order valence-electron chi connectivity index (χ2n) is 2.82. The number of halogens is 1. The van der Waals surface area contributed by atoms with Gasteiger partial charge in [0.2, 0.25) is 0 Å². The molecule has 0 aliphatic rings. The molecule has 3 N–H and O–H groups in total. The van der Waals surface area contributed by atoms with Crippen LogP contribution in [0.3, 0.4) is 0 Å². The molecule has 4 nitrogen and oxygen atoms in total. The van der Waals surface area contributed by atoms with E-state index in [-0.39, 0.29) is 12.4 Å². The number of carbonyl (C=O) groups is 1. The highest BCUT2D eigenvalue weighted by atomic mass is 35.5. The van der Waals surface area contributed by atoms with Crippen molar-refractivity contribution in [3.63, 3.8) is 0 Å². The predicted molar refractivity (Wildman–Crippen MR) is 59.4 cm³/mol. The van der Waals surface area contributed by atoms with E-state index in [1.165, 1.54) is 0 Å². The molecular weight excluding hydrogens is 218 g/mol. The third-order valence-electron chi connectivity index (χ3n) is 1.82. The van der Waals surface area contributed by atoms with Gasteiger partial charge in [-0.2, -0.15) is 0 Å². The average molecular weight is 232 g/mol. The van der Waals surface area contributed by atoms with E-state index in [4.69, 9.17) is 15.6 Å². The first kappa shape index (κ1) is 13.7. The lowest BCUT2D eigenvalue weighted by atomic mass is 10.1. The van der Waals surface area contributed by atoms with Crippen LogP contribution < -0.4 is 10.5 Å². The predicted octanol–water partition coefficient (Wildman–Crippen LogP) is 1.59. The van der Waals surface area contributed by atoms with Crippen LogP contribution in [-0.4, -0.2) is 17.7 Å². The average Bonchev–Trinajstić information content (AvgIpc) is 2.18. The van der Waals surface area contributed by atoms with Crippen LogP contribution in [0.15, 0.2) is 24.3 Å². The highest BCUT2D eigenvalue weighted by molar-refractivity contribution is 5.85. The molecule has 1 atom stereocenters. The molecule has 1 aromatic carbocycles. The van der Waals surface area contributed by atoms with Crippen LogP contribution in [0, 0.1) is 0 Å². The summed E-state index contributed by atoms with van der Waals surface area (Å²) in [7, 11) is 0. The van der Waals surface area contributed by atoms with Crippen LogP contribution in [0.25, 0.3) is 0 Å². The van der Waals surface area contributed by atoms with E-state index in [1.807, 2.05) is 6.92 Å². The quantitative estimate of drug-likeness (QED) is 0.826. The SMILES string of the molecule is CCOc1ccc([C@@H](N)C(=O)O)cc1.Cl. The second kappa shape index (κ2) is 6.27. The smallest absolute Gasteiger partial charge is 0.325 e. The molecular formula is C10H14ClNO3. The molecule has 0 heterocycles. The summed E-state index contributed by atoms with van der Waals surface area (Å²) in [6.45, 7) is 2.47. The van der Waals surface area contributed by atoms with Crippen molar-refractivity contribution in [3.05, 3.63) is 29.8 Å². The van der Waals surface area contributed by atoms with Gasteiger partial charge in [-0.25, -0.2) is 0 Å². The Morgan fingerprint density at radius 1 is 1.47 bits per heavy atom. The number of rotatable bonds is 4. The fourth-order valence-corrected chi connectivity index (χ4v) is 1.08. The van der Waals surface area contributed by atoms with Crippen molar-refractivity contribution in [1.82, 2.24) is 0 Å². The van der Waals surface area contributed by atoms with Crippen LogP contribution in [0.5, 0.6) is 5.75 Å². The van der Waals surface area contributed by atoms with Crippen LogP contribution in [0.4, 0.5) is 0 Å². The first-order valence-electron chi connectivity index (χ1n) is 4.36. The molecule has 0 aromatic heterocycles. The Balaban J connectivity index is 0.00000196. The lowest BCUT2D eigenvalue weighted by Crippen LogP contribution is -2.20. The number of hydrogen-bond acceptors (Lipinski definition) is 3. The van der Waals surface area contributed by atoms with Crippen LogP contribution in [-0.2, 0) is 4.79 Å². The minimum Gasteiger partial charge on any atom is -0.494 e. The first-order chi connectivity index (χ1) is 6.65. The van der Waals surface area contributed by atoms with Gasteiger partial charge in [-0.3, -0.25) is 4.79 Å². The van der Waals surface area contributed by atoms with Gasteiger partial charge in [0.05, 0.1) is 6.61 Å². The summed E-state index contributed by atoms with van der Waals surface area (Å²) < 4.78 is 5.21. The number of aliphatic carboxylic acids is 1. The normalized spacial score (nSPS) is 11.3. The summed E-state index contributed by atoms with van der Waals surface area (Å²) in [5.41, 5.74) is 5.99. The van der Waals surface area contributed by atoms with Crippen molar-refractivity contribution in [2.75, 3.05) is 6.61 Å². The van der Waals surface area contributed by atoms with Gasteiger partial charge in [-0.1, -0.05) is 12.1 Å². The van der Waals surface area contributed by atoms with Crippen molar-refractivity contribution < 1.29 is 14.6 Å². The highest BCUT2D eigenvalue weighted by Crippen LogP contribution is 2.16. The number of nitrogens with two attached hydrogens (primary N) is 1. The van der Waals surface area contributed by atoms with Gasteiger partial charge in [0.15, 0.2) is 0 Å². The minimum absolute atomic E-state index is 0. The summed E-state index contributed by atoms with van der Waals surface area (Å²) in [6, 6.07) is 5.77. The van der Waals surface area contributed by atoms with E-state index >= 15 is 0 Å². The van der Waals surface area contributed by atoms with E-state index in [0.29, 0.717) is 17.9 Å². The molecule has 84 valence electrons. The van der Waals surface area contributed by atoms with Crippen molar-refractivity contribution >= 4 is 18.4 Å². The maximum Gasteiger partial charge on any atom is 0.325 e. The lowest BCUT2D eigenvalue weighted by Gasteiger charge is -2.07. The molecule has 0 aliphatic heterocycles.